The highest BCUT2D eigenvalue weighted by molar-refractivity contribution is 5.55. The van der Waals surface area contributed by atoms with Crippen LogP contribution >= 0.6 is 0 Å². The third-order valence-electron chi connectivity index (χ3n) is 4.43. The van der Waals surface area contributed by atoms with E-state index in [0.717, 1.165) is 22.6 Å². The Kier molecular flexibility index (Phi) is 8.83. The minimum atomic E-state index is -0.649. The van der Waals surface area contributed by atoms with Crippen LogP contribution in [0.25, 0.3) is 6.08 Å². The molecule has 2 aromatic rings. The molecule has 6 nitrogen and oxygen atoms in total. The third-order valence-corrected chi connectivity index (χ3v) is 4.43. The summed E-state index contributed by atoms with van der Waals surface area (Å²) in [6.07, 6.45) is 3.31. The molecular weight excluding hydrogens is 370 g/mol. The van der Waals surface area contributed by atoms with E-state index in [4.69, 9.17) is 18.9 Å². The minimum absolute atomic E-state index is 0.170. The van der Waals surface area contributed by atoms with Crippen molar-refractivity contribution >= 4 is 6.08 Å². The second-order valence-electron chi connectivity index (χ2n) is 6.75. The molecular formula is C23H31NO5. The molecule has 2 rings (SSSR count). The van der Waals surface area contributed by atoms with Crippen LogP contribution in [0.3, 0.4) is 0 Å². The summed E-state index contributed by atoms with van der Waals surface area (Å²) in [6, 6.07) is 11.4. The van der Waals surface area contributed by atoms with Crippen LogP contribution in [0.4, 0.5) is 0 Å². The Balaban J connectivity index is 1.91. The quantitative estimate of drug-likeness (QED) is 0.621. The molecule has 0 aliphatic carbocycles. The van der Waals surface area contributed by atoms with E-state index >= 15 is 0 Å². The number of nitrogens with zero attached hydrogens (tertiary/aromatic N) is 1. The zero-order valence-corrected chi connectivity index (χ0v) is 17.8. The summed E-state index contributed by atoms with van der Waals surface area (Å²) in [7, 11) is 6.81. The number of aliphatic hydroxyl groups excluding tert-OH is 1. The maximum atomic E-state index is 10.4. The molecule has 0 saturated heterocycles. The second kappa shape index (κ2) is 11.3. The number of hydrogen-bond acceptors (Lipinski definition) is 6. The highest BCUT2D eigenvalue weighted by Crippen LogP contribution is 2.29. The van der Waals surface area contributed by atoms with E-state index in [1.54, 1.807) is 21.3 Å². The van der Waals surface area contributed by atoms with Gasteiger partial charge in [0.05, 0.1) is 21.3 Å². The van der Waals surface area contributed by atoms with E-state index in [2.05, 4.69) is 0 Å². The molecule has 0 amide bonds. The van der Waals surface area contributed by atoms with Gasteiger partial charge in [-0.15, -0.1) is 0 Å². The first-order valence-electron chi connectivity index (χ1n) is 9.51. The second-order valence-corrected chi connectivity index (χ2v) is 6.75. The fraction of sp³-hybridized carbons (Fsp3) is 0.391. The van der Waals surface area contributed by atoms with Crippen molar-refractivity contribution in [3.05, 3.63) is 53.6 Å². The SMILES string of the molecule is C/C=C/c1ccc(OCC(O)CN(C)Cc2ccc(OC)cc2OC)c(OC)c1. The normalized spacial score (nSPS) is 12.2. The Morgan fingerprint density at radius 3 is 2.38 bits per heavy atom. The molecule has 158 valence electrons. The van der Waals surface area contributed by atoms with Gasteiger partial charge in [0.2, 0.25) is 0 Å². The Morgan fingerprint density at radius 2 is 1.72 bits per heavy atom. The van der Waals surface area contributed by atoms with Crippen molar-refractivity contribution in [1.82, 2.24) is 4.90 Å². The van der Waals surface area contributed by atoms with Crippen LogP contribution < -0.4 is 18.9 Å². The first-order valence-corrected chi connectivity index (χ1v) is 9.51. The van der Waals surface area contributed by atoms with Crippen LogP contribution in [0.2, 0.25) is 0 Å². The third kappa shape index (κ3) is 6.69. The van der Waals surface area contributed by atoms with Crippen molar-refractivity contribution in [2.24, 2.45) is 0 Å². The van der Waals surface area contributed by atoms with Crippen LogP contribution in [-0.4, -0.2) is 57.6 Å². The Bertz CT molecular complexity index is 806. The molecule has 0 radical (unpaired) electrons. The molecule has 0 aliphatic rings. The highest BCUT2D eigenvalue weighted by Gasteiger charge is 2.14. The molecule has 6 heteroatoms. The summed E-state index contributed by atoms with van der Waals surface area (Å²) >= 11 is 0. The lowest BCUT2D eigenvalue weighted by Crippen LogP contribution is -2.32. The molecule has 2 aromatic carbocycles. The van der Waals surface area contributed by atoms with Crippen molar-refractivity contribution in [2.45, 2.75) is 19.6 Å². The predicted molar refractivity (Wildman–Crippen MR) is 115 cm³/mol. The number of hydrogen-bond donors (Lipinski definition) is 1. The first-order chi connectivity index (χ1) is 14.0. The smallest absolute Gasteiger partial charge is 0.161 e. The average molecular weight is 402 g/mol. The van der Waals surface area contributed by atoms with Crippen LogP contribution in [0.1, 0.15) is 18.1 Å². The monoisotopic (exact) mass is 401 g/mol. The summed E-state index contributed by atoms with van der Waals surface area (Å²) in [5.41, 5.74) is 2.05. The van der Waals surface area contributed by atoms with E-state index in [1.165, 1.54) is 0 Å². The van der Waals surface area contributed by atoms with Crippen LogP contribution in [-0.2, 0) is 6.54 Å². The zero-order valence-electron chi connectivity index (χ0n) is 17.8. The Labute approximate surface area is 173 Å². The van der Waals surface area contributed by atoms with E-state index < -0.39 is 6.10 Å². The van der Waals surface area contributed by atoms with Crippen molar-refractivity contribution in [3.8, 4) is 23.0 Å². The molecule has 0 aliphatic heterocycles. The molecule has 0 spiro atoms. The Hall–Kier alpha value is -2.70. The van der Waals surface area contributed by atoms with Gasteiger partial charge >= 0.3 is 0 Å². The van der Waals surface area contributed by atoms with E-state index in [9.17, 15) is 5.11 Å². The van der Waals surface area contributed by atoms with E-state index in [1.807, 2.05) is 67.4 Å². The first kappa shape index (κ1) is 22.6. The number of likely N-dealkylation sites (N-methyl/N-ethyl adjacent to an activating group) is 1. The van der Waals surface area contributed by atoms with Crippen molar-refractivity contribution in [3.63, 3.8) is 0 Å². The van der Waals surface area contributed by atoms with Gasteiger partial charge in [0, 0.05) is 24.7 Å². The van der Waals surface area contributed by atoms with E-state index in [-0.39, 0.29) is 6.61 Å². The van der Waals surface area contributed by atoms with E-state index in [0.29, 0.717) is 24.6 Å². The van der Waals surface area contributed by atoms with Gasteiger partial charge in [-0.25, -0.2) is 0 Å². The summed E-state index contributed by atoms with van der Waals surface area (Å²) in [5.74, 6) is 2.76. The number of allylic oxidation sites excluding steroid dienone is 1. The number of rotatable bonds is 11. The summed E-state index contributed by atoms with van der Waals surface area (Å²) < 4.78 is 21.8. The lowest BCUT2D eigenvalue weighted by atomic mass is 10.1. The molecule has 0 saturated carbocycles. The maximum Gasteiger partial charge on any atom is 0.161 e. The summed E-state index contributed by atoms with van der Waals surface area (Å²) in [6.45, 7) is 3.22. The zero-order chi connectivity index (χ0) is 21.2. The molecule has 0 fully saturated rings. The number of aliphatic hydroxyl groups is 1. The predicted octanol–water partition coefficient (Wildman–Crippen LogP) is 3.62. The highest BCUT2D eigenvalue weighted by atomic mass is 16.5. The molecule has 0 heterocycles. The molecule has 0 bridgehead atoms. The number of benzene rings is 2. The summed E-state index contributed by atoms with van der Waals surface area (Å²) in [4.78, 5) is 2.02. The molecule has 29 heavy (non-hydrogen) atoms. The van der Waals surface area contributed by atoms with Gasteiger partial charge in [0.15, 0.2) is 11.5 Å². The van der Waals surface area contributed by atoms with Gasteiger partial charge < -0.3 is 24.1 Å². The largest absolute Gasteiger partial charge is 0.497 e. The van der Waals surface area contributed by atoms with Crippen LogP contribution in [0, 0.1) is 0 Å². The molecule has 1 N–H and O–H groups in total. The lowest BCUT2D eigenvalue weighted by Gasteiger charge is -2.22. The average Bonchev–Trinajstić information content (AvgIpc) is 2.73. The van der Waals surface area contributed by atoms with Gasteiger partial charge in [0.25, 0.3) is 0 Å². The maximum absolute atomic E-state index is 10.4. The minimum Gasteiger partial charge on any atom is -0.497 e. The Morgan fingerprint density at radius 1 is 0.966 bits per heavy atom. The van der Waals surface area contributed by atoms with Crippen molar-refractivity contribution < 1.29 is 24.1 Å². The van der Waals surface area contributed by atoms with Gasteiger partial charge in [-0.3, -0.25) is 4.90 Å². The molecule has 0 aromatic heterocycles. The standard InChI is InChI=1S/C23H31NO5/c1-6-7-17-8-11-21(23(12-17)28-5)29-16-19(25)15-24(2)14-18-9-10-20(26-3)13-22(18)27-4/h6-13,19,25H,14-16H2,1-5H3/b7-6+. The van der Waals surface area contributed by atoms with Gasteiger partial charge in [-0.1, -0.05) is 24.3 Å². The lowest BCUT2D eigenvalue weighted by molar-refractivity contribution is 0.0730. The fourth-order valence-corrected chi connectivity index (χ4v) is 3.04. The molecule has 1 unspecified atom stereocenters. The van der Waals surface area contributed by atoms with Gasteiger partial charge in [0.1, 0.15) is 24.2 Å². The van der Waals surface area contributed by atoms with Crippen LogP contribution in [0.15, 0.2) is 42.5 Å². The van der Waals surface area contributed by atoms with Crippen LogP contribution in [0.5, 0.6) is 23.0 Å². The van der Waals surface area contributed by atoms with Crippen molar-refractivity contribution in [1.29, 1.82) is 0 Å². The summed E-state index contributed by atoms with van der Waals surface area (Å²) in [5, 5.41) is 10.4. The van der Waals surface area contributed by atoms with Gasteiger partial charge in [-0.2, -0.15) is 0 Å². The van der Waals surface area contributed by atoms with Crippen molar-refractivity contribution in [2.75, 3.05) is 41.5 Å². The fourth-order valence-electron chi connectivity index (χ4n) is 3.04. The topological polar surface area (TPSA) is 60.4 Å². The number of methoxy groups -OCH3 is 3. The number of ether oxygens (including phenoxy) is 4. The molecule has 1 atom stereocenters. The van der Waals surface area contributed by atoms with Gasteiger partial charge in [-0.05, 0) is 37.7 Å².